The van der Waals surface area contributed by atoms with Gasteiger partial charge < -0.3 is 19.1 Å². The minimum absolute atomic E-state index is 0.0114. The third-order valence-corrected chi connectivity index (χ3v) is 10.7. The SMILES string of the molecule is O=C(CN1CCC(O)CC1)N(CC12CCC(c3nc(C4CC4)no3)(CC1)CC2)c1cccc(-c2nc(C3CC3)no2)c1. The van der Waals surface area contributed by atoms with E-state index in [4.69, 9.17) is 14.0 Å². The second kappa shape index (κ2) is 10.3. The largest absolute Gasteiger partial charge is 0.393 e. The lowest BCUT2D eigenvalue weighted by Crippen LogP contribution is -2.52. The van der Waals surface area contributed by atoms with Gasteiger partial charge in [0.15, 0.2) is 11.6 Å². The number of aliphatic hydroxyl groups excluding tert-OH is 1. The van der Waals surface area contributed by atoms with E-state index in [0.29, 0.717) is 43.7 Å². The fourth-order valence-corrected chi connectivity index (χ4v) is 7.46. The summed E-state index contributed by atoms with van der Waals surface area (Å²) in [6.45, 7) is 2.53. The third-order valence-electron chi connectivity index (χ3n) is 10.7. The maximum Gasteiger partial charge on any atom is 0.258 e. The first-order valence-electron chi connectivity index (χ1n) is 16.0. The molecule has 6 aliphatic rings. The number of carbonyl (C=O) groups is 1. The molecule has 3 heterocycles. The molecule has 2 aromatic heterocycles. The summed E-state index contributed by atoms with van der Waals surface area (Å²) in [7, 11) is 0. The number of aromatic nitrogens is 4. The Morgan fingerprint density at radius 2 is 1.57 bits per heavy atom. The van der Waals surface area contributed by atoms with Crippen molar-refractivity contribution in [3.8, 4) is 11.5 Å². The lowest BCUT2D eigenvalue weighted by Gasteiger charge is -2.53. The maximum atomic E-state index is 14.1. The molecular weight excluding hydrogens is 532 g/mol. The molecule has 5 aliphatic carbocycles. The summed E-state index contributed by atoms with van der Waals surface area (Å²) >= 11 is 0. The van der Waals surface area contributed by atoms with Crippen molar-refractivity contribution in [2.75, 3.05) is 31.1 Å². The Hall–Kier alpha value is -3.11. The molecule has 0 atom stereocenters. The zero-order chi connectivity index (χ0) is 28.3. The van der Waals surface area contributed by atoms with Crippen LogP contribution in [-0.2, 0) is 10.2 Å². The Morgan fingerprint density at radius 1 is 0.905 bits per heavy atom. The van der Waals surface area contributed by atoms with Crippen LogP contribution in [0, 0.1) is 5.41 Å². The molecule has 2 bridgehead atoms. The van der Waals surface area contributed by atoms with Crippen LogP contribution in [0.3, 0.4) is 0 Å². The highest BCUT2D eigenvalue weighted by molar-refractivity contribution is 5.95. The number of nitrogens with zero attached hydrogens (tertiary/aromatic N) is 6. The molecule has 0 spiro atoms. The van der Waals surface area contributed by atoms with Gasteiger partial charge in [-0.1, -0.05) is 16.4 Å². The molecule has 5 saturated carbocycles. The molecule has 222 valence electrons. The molecule has 1 aromatic carbocycles. The van der Waals surface area contributed by atoms with Gasteiger partial charge in [0.25, 0.3) is 5.89 Å². The molecule has 0 radical (unpaired) electrons. The number of anilines is 1. The van der Waals surface area contributed by atoms with Crippen molar-refractivity contribution >= 4 is 11.6 Å². The van der Waals surface area contributed by atoms with Crippen LogP contribution in [0.5, 0.6) is 0 Å². The summed E-state index contributed by atoms with van der Waals surface area (Å²) < 4.78 is 11.5. The monoisotopic (exact) mass is 572 g/mol. The molecule has 1 amide bonds. The van der Waals surface area contributed by atoms with E-state index in [1.807, 2.05) is 29.2 Å². The van der Waals surface area contributed by atoms with Crippen molar-refractivity contribution in [3.63, 3.8) is 0 Å². The minimum atomic E-state index is -0.262. The Labute approximate surface area is 245 Å². The summed E-state index contributed by atoms with van der Waals surface area (Å²) in [5, 5.41) is 18.5. The number of rotatable bonds is 9. The fraction of sp³-hybridized carbons (Fsp3) is 0.656. The number of piperidine rings is 1. The lowest BCUT2D eigenvalue weighted by molar-refractivity contribution is -0.121. The van der Waals surface area contributed by atoms with Crippen molar-refractivity contribution in [3.05, 3.63) is 41.8 Å². The molecule has 1 N–H and O–H groups in total. The van der Waals surface area contributed by atoms with Crippen molar-refractivity contribution in [1.29, 1.82) is 0 Å². The number of hydrogen-bond acceptors (Lipinski definition) is 9. The van der Waals surface area contributed by atoms with Crippen molar-refractivity contribution < 1.29 is 18.9 Å². The second-order valence-electron chi connectivity index (χ2n) is 13.8. The van der Waals surface area contributed by atoms with Crippen LogP contribution in [0.25, 0.3) is 11.5 Å². The standard InChI is InChI=1S/C32H40N6O4/c39-25-8-16-37(17-9-25)19-26(40)38(24-3-1-2-23(18-24)29-33-27(35-41-29)21-4-5-21)20-31-10-13-32(14-11-31,15-12-31)30-34-28(36-42-30)22-6-7-22/h1-3,18,21-22,25,39H,4-17,19-20H2. The molecule has 1 aliphatic heterocycles. The number of carbonyl (C=O) groups excluding carboxylic acids is 1. The van der Waals surface area contributed by atoms with E-state index in [1.165, 1.54) is 12.8 Å². The number of fused-ring (bicyclic) bond motifs is 3. The quantitative estimate of drug-likeness (QED) is 0.379. The zero-order valence-corrected chi connectivity index (χ0v) is 24.2. The van der Waals surface area contributed by atoms with Gasteiger partial charge in [0.2, 0.25) is 11.8 Å². The third kappa shape index (κ3) is 5.06. The van der Waals surface area contributed by atoms with Crippen LogP contribution in [-0.4, -0.2) is 68.5 Å². The van der Waals surface area contributed by atoms with Crippen LogP contribution < -0.4 is 4.90 Å². The molecule has 1 saturated heterocycles. The second-order valence-corrected chi connectivity index (χ2v) is 13.8. The average Bonchev–Trinajstić information content (AvgIpc) is 3.96. The van der Waals surface area contributed by atoms with Gasteiger partial charge in [0, 0.05) is 48.1 Å². The van der Waals surface area contributed by atoms with E-state index >= 15 is 0 Å². The van der Waals surface area contributed by atoms with Gasteiger partial charge in [0.05, 0.1) is 12.6 Å². The number of benzene rings is 1. The highest BCUT2D eigenvalue weighted by Gasteiger charge is 2.53. The molecular formula is C32H40N6O4. The highest BCUT2D eigenvalue weighted by atomic mass is 16.5. The normalized spacial score (nSPS) is 28.3. The first-order chi connectivity index (χ1) is 20.5. The molecule has 3 aromatic rings. The lowest BCUT2D eigenvalue weighted by atomic mass is 9.53. The molecule has 0 unspecified atom stereocenters. The predicted octanol–water partition coefficient (Wildman–Crippen LogP) is 4.96. The summed E-state index contributed by atoms with van der Waals surface area (Å²) in [4.78, 5) is 27.8. The molecule has 42 heavy (non-hydrogen) atoms. The first kappa shape index (κ1) is 26.5. The summed E-state index contributed by atoms with van der Waals surface area (Å²) in [5.41, 5.74) is 1.78. The molecule has 10 heteroatoms. The highest BCUT2D eigenvalue weighted by Crippen LogP contribution is 2.58. The summed E-state index contributed by atoms with van der Waals surface area (Å²) in [6.07, 6.45) is 12.0. The van der Waals surface area contributed by atoms with E-state index in [1.54, 1.807) is 0 Å². The van der Waals surface area contributed by atoms with Gasteiger partial charge in [-0.05, 0) is 101 Å². The van der Waals surface area contributed by atoms with Crippen molar-refractivity contribution in [1.82, 2.24) is 25.2 Å². The van der Waals surface area contributed by atoms with Crippen LogP contribution in [0.1, 0.15) is 106 Å². The Morgan fingerprint density at radius 3 is 2.26 bits per heavy atom. The van der Waals surface area contributed by atoms with Gasteiger partial charge in [-0.3, -0.25) is 9.69 Å². The van der Waals surface area contributed by atoms with E-state index < -0.39 is 0 Å². The van der Waals surface area contributed by atoms with Crippen molar-refractivity contribution in [2.45, 2.75) is 100 Å². The Bertz CT molecular complexity index is 1430. The fourth-order valence-electron chi connectivity index (χ4n) is 7.46. The van der Waals surface area contributed by atoms with Gasteiger partial charge >= 0.3 is 0 Å². The van der Waals surface area contributed by atoms with Crippen LogP contribution in [0.4, 0.5) is 5.69 Å². The minimum Gasteiger partial charge on any atom is -0.393 e. The Kier molecular flexibility index (Phi) is 6.48. The molecule has 9 rings (SSSR count). The summed E-state index contributed by atoms with van der Waals surface area (Å²) in [5.74, 6) is 4.06. The smallest absolute Gasteiger partial charge is 0.258 e. The summed E-state index contributed by atoms with van der Waals surface area (Å²) in [6, 6.07) is 8.04. The first-order valence-corrected chi connectivity index (χ1v) is 16.0. The van der Waals surface area contributed by atoms with Gasteiger partial charge in [-0.2, -0.15) is 9.97 Å². The molecule has 6 fully saturated rings. The van der Waals surface area contributed by atoms with Gasteiger partial charge in [-0.15, -0.1) is 0 Å². The van der Waals surface area contributed by atoms with Gasteiger partial charge in [-0.25, -0.2) is 0 Å². The number of hydrogen-bond donors (Lipinski definition) is 1. The van der Waals surface area contributed by atoms with E-state index in [-0.39, 0.29) is 22.8 Å². The van der Waals surface area contributed by atoms with Crippen LogP contribution >= 0.6 is 0 Å². The Balaban J connectivity index is 1.04. The number of amides is 1. The van der Waals surface area contributed by atoms with Crippen LogP contribution in [0.15, 0.2) is 33.3 Å². The zero-order valence-electron chi connectivity index (χ0n) is 24.2. The maximum absolute atomic E-state index is 14.1. The number of likely N-dealkylation sites (tertiary alicyclic amines) is 1. The van der Waals surface area contributed by atoms with E-state index in [0.717, 1.165) is 93.2 Å². The number of aliphatic hydroxyl groups is 1. The topological polar surface area (TPSA) is 122 Å². The average molecular weight is 573 g/mol. The van der Waals surface area contributed by atoms with Crippen LogP contribution in [0.2, 0.25) is 0 Å². The molecule has 10 nitrogen and oxygen atoms in total. The van der Waals surface area contributed by atoms with Gasteiger partial charge in [0.1, 0.15) is 0 Å². The predicted molar refractivity (Wildman–Crippen MR) is 154 cm³/mol. The van der Waals surface area contributed by atoms with Crippen molar-refractivity contribution in [2.24, 2.45) is 5.41 Å². The van der Waals surface area contributed by atoms with E-state index in [2.05, 4.69) is 20.2 Å². The van der Waals surface area contributed by atoms with E-state index in [9.17, 15) is 9.90 Å².